The summed E-state index contributed by atoms with van der Waals surface area (Å²) in [5.74, 6) is -0.340. The molecule has 6 nitrogen and oxygen atoms in total. The van der Waals surface area contributed by atoms with E-state index in [1.165, 1.54) is 0 Å². The van der Waals surface area contributed by atoms with Gasteiger partial charge in [-0.25, -0.2) is 4.98 Å². The van der Waals surface area contributed by atoms with Gasteiger partial charge < -0.3 is 10.5 Å². The molecule has 25 heavy (non-hydrogen) atoms. The highest BCUT2D eigenvalue weighted by Gasteiger charge is 2.30. The number of nitrogens with two attached hydrogens (primary N) is 1. The van der Waals surface area contributed by atoms with E-state index in [-0.39, 0.29) is 22.9 Å². The van der Waals surface area contributed by atoms with Gasteiger partial charge in [-0.15, -0.1) is 0 Å². The fourth-order valence-corrected chi connectivity index (χ4v) is 3.79. The van der Waals surface area contributed by atoms with Gasteiger partial charge in [-0.3, -0.25) is 4.79 Å². The Hall–Kier alpha value is -2.74. The van der Waals surface area contributed by atoms with Crippen LogP contribution in [0.1, 0.15) is 17.5 Å². The number of pyridine rings is 1. The highest BCUT2D eigenvalue weighted by atomic mass is 35.5. The van der Waals surface area contributed by atoms with E-state index in [2.05, 4.69) is 11.1 Å². The molecule has 0 saturated carbocycles. The number of cyclic esters (lactones) is 1. The average molecular weight is 371 g/mol. The van der Waals surface area contributed by atoms with Crippen LogP contribution in [0.3, 0.4) is 0 Å². The second-order valence-electron chi connectivity index (χ2n) is 5.22. The quantitative estimate of drug-likeness (QED) is 0.825. The number of esters is 1. The molecule has 0 amide bonds. The first-order valence-electron chi connectivity index (χ1n) is 7.28. The Bertz CT molecular complexity index is 949. The Morgan fingerprint density at radius 1 is 1.32 bits per heavy atom. The number of nitriles is 2. The second kappa shape index (κ2) is 7.02. The predicted octanol–water partition coefficient (Wildman–Crippen LogP) is 3.14. The molecule has 0 spiro atoms. The number of nitrogen functional groups attached to an aromatic ring is 1. The van der Waals surface area contributed by atoms with Gasteiger partial charge in [0.15, 0.2) is 0 Å². The van der Waals surface area contributed by atoms with Crippen molar-refractivity contribution < 1.29 is 9.53 Å². The molecule has 1 saturated heterocycles. The molecule has 2 N–H and O–H groups in total. The number of nitrogens with zero attached hydrogens (tertiary/aromatic N) is 3. The van der Waals surface area contributed by atoms with Crippen LogP contribution in [0, 0.1) is 22.7 Å². The van der Waals surface area contributed by atoms with Crippen LogP contribution in [-0.4, -0.2) is 22.8 Å². The van der Waals surface area contributed by atoms with Gasteiger partial charge >= 0.3 is 5.97 Å². The van der Waals surface area contributed by atoms with E-state index in [4.69, 9.17) is 22.1 Å². The number of hydrogen-bond donors (Lipinski definition) is 1. The minimum atomic E-state index is -0.445. The van der Waals surface area contributed by atoms with Gasteiger partial charge in [0.05, 0.1) is 12.2 Å². The molecule has 1 fully saturated rings. The number of thioether (sulfide) groups is 1. The van der Waals surface area contributed by atoms with Crippen molar-refractivity contribution in [3.8, 4) is 23.3 Å². The minimum Gasteiger partial charge on any atom is -0.465 e. The number of aromatic nitrogens is 1. The predicted molar refractivity (Wildman–Crippen MR) is 93.7 cm³/mol. The Labute approximate surface area is 153 Å². The summed E-state index contributed by atoms with van der Waals surface area (Å²) in [5.41, 5.74) is 7.19. The Balaban J connectivity index is 2.20. The number of ether oxygens (including phenoxy) is 1. The van der Waals surface area contributed by atoms with Crippen LogP contribution in [0.25, 0.3) is 11.1 Å². The maximum absolute atomic E-state index is 11.7. The van der Waals surface area contributed by atoms with Gasteiger partial charge in [0, 0.05) is 17.0 Å². The SMILES string of the molecule is N#Cc1c(N)nc(SC2CCOC2=O)c(C#N)c1-c1cccc(Cl)c1. The lowest BCUT2D eigenvalue weighted by atomic mass is 9.97. The summed E-state index contributed by atoms with van der Waals surface area (Å²) >= 11 is 7.17. The first-order valence-corrected chi connectivity index (χ1v) is 8.53. The lowest BCUT2D eigenvalue weighted by molar-refractivity contribution is -0.137. The zero-order valence-electron chi connectivity index (χ0n) is 12.8. The van der Waals surface area contributed by atoms with Gasteiger partial charge in [-0.1, -0.05) is 35.5 Å². The first-order chi connectivity index (χ1) is 12.0. The van der Waals surface area contributed by atoms with Crippen LogP contribution >= 0.6 is 23.4 Å². The van der Waals surface area contributed by atoms with E-state index in [1.54, 1.807) is 24.3 Å². The number of hydrogen-bond acceptors (Lipinski definition) is 7. The van der Waals surface area contributed by atoms with Crippen molar-refractivity contribution >= 4 is 35.1 Å². The molecule has 0 aliphatic carbocycles. The molecule has 1 unspecified atom stereocenters. The maximum Gasteiger partial charge on any atom is 0.319 e. The van der Waals surface area contributed by atoms with Crippen LogP contribution in [0.4, 0.5) is 5.82 Å². The van der Waals surface area contributed by atoms with Crippen LogP contribution < -0.4 is 5.73 Å². The highest BCUT2D eigenvalue weighted by Crippen LogP contribution is 2.39. The summed E-state index contributed by atoms with van der Waals surface area (Å²) in [6.45, 7) is 0.339. The van der Waals surface area contributed by atoms with E-state index in [0.29, 0.717) is 34.2 Å². The van der Waals surface area contributed by atoms with E-state index in [0.717, 1.165) is 11.8 Å². The monoisotopic (exact) mass is 370 g/mol. The number of anilines is 1. The smallest absolute Gasteiger partial charge is 0.319 e. The van der Waals surface area contributed by atoms with Crippen molar-refractivity contribution in [1.29, 1.82) is 10.5 Å². The molecule has 1 aliphatic rings. The van der Waals surface area contributed by atoms with Gasteiger partial charge in [0.25, 0.3) is 0 Å². The third kappa shape index (κ3) is 3.25. The molecule has 0 bridgehead atoms. The number of halogens is 1. The summed E-state index contributed by atoms with van der Waals surface area (Å²) in [5, 5.41) is 19.5. The second-order valence-corrected chi connectivity index (χ2v) is 6.85. The van der Waals surface area contributed by atoms with Gasteiger partial charge in [0.2, 0.25) is 0 Å². The van der Waals surface area contributed by atoms with E-state index >= 15 is 0 Å². The summed E-state index contributed by atoms with van der Waals surface area (Å²) < 4.78 is 4.95. The molecular weight excluding hydrogens is 360 g/mol. The zero-order valence-corrected chi connectivity index (χ0v) is 14.4. The van der Waals surface area contributed by atoms with Crippen molar-refractivity contribution in [1.82, 2.24) is 4.98 Å². The summed E-state index contributed by atoms with van der Waals surface area (Å²) in [7, 11) is 0. The zero-order chi connectivity index (χ0) is 18.0. The Morgan fingerprint density at radius 2 is 2.08 bits per heavy atom. The van der Waals surface area contributed by atoms with Gasteiger partial charge in [-0.2, -0.15) is 10.5 Å². The Kier molecular flexibility index (Phi) is 4.80. The molecule has 3 rings (SSSR count). The summed E-state index contributed by atoms with van der Waals surface area (Å²) in [4.78, 5) is 15.9. The lowest BCUT2D eigenvalue weighted by Crippen LogP contribution is -2.11. The third-order valence-corrected chi connectivity index (χ3v) is 5.14. The molecule has 2 heterocycles. The number of carbonyl (C=O) groups is 1. The molecule has 8 heteroatoms. The molecule has 1 aromatic carbocycles. The number of benzene rings is 1. The lowest BCUT2D eigenvalue weighted by Gasteiger charge is -2.14. The van der Waals surface area contributed by atoms with E-state index in [1.807, 2.05) is 6.07 Å². The molecule has 0 radical (unpaired) electrons. The van der Waals surface area contributed by atoms with Crippen LogP contribution in [0.15, 0.2) is 29.3 Å². The first kappa shape index (κ1) is 17.1. The van der Waals surface area contributed by atoms with Gasteiger partial charge in [-0.05, 0) is 17.7 Å². The highest BCUT2D eigenvalue weighted by molar-refractivity contribution is 8.00. The van der Waals surface area contributed by atoms with E-state index < -0.39 is 5.25 Å². The minimum absolute atomic E-state index is 0.00494. The van der Waals surface area contributed by atoms with Crippen LogP contribution in [0.5, 0.6) is 0 Å². The standard InChI is InChI=1S/C17H11ClN4O2S/c18-10-3-1-2-9(6-10)14-11(7-19)15(21)22-16(12(14)8-20)25-13-4-5-24-17(13)23/h1-3,6,13H,4-5H2,(H2,21,22). The average Bonchev–Trinajstić information content (AvgIpc) is 2.99. The van der Waals surface area contributed by atoms with Gasteiger partial charge in [0.1, 0.15) is 33.8 Å². The third-order valence-electron chi connectivity index (χ3n) is 3.67. The van der Waals surface area contributed by atoms with Crippen molar-refractivity contribution in [2.24, 2.45) is 0 Å². The largest absolute Gasteiger partial charge is 0.465 e. The fraction of sp³-hybridized carbons (Fsp3) is 0.176. The number of rotatable bonds is 3. The molecule has 1 atom stereocenters. The summed E-state index contributed by atoms with van der Waals surface area (Å²) in [6, 6.07) is 10.9. The number of carbonyl (C=O) groups excluding carboxylic acids is 1. The normalized spacial score (nSPS) is 16.1. The molecule has 2 aromatic rings. The van der Waals surface area contributed by atoms with Crippen LogP contribution in [-0.2, 0) is 9.53 Å². The summed E-state index contributed by atoms with van der Waals surface area (Å²) in [6.07, 6.45) is 0.530. The maximum atomic E-state index is 11.7. The van der Waals surface area contributed by atoms with Crippen molar-refractivity contribution in [3.63, 3.8) is 0 Å². The molecule has 1 aromatic heterocycles. The van der Waals surface area contributed by atoms with Crippen molar-refractivity contribution in [3.05, 3.63) is 40.4 Å². The topological polar surface area (TPSA) is 113 Å². The molecule has 124 valence electrons. The molecule has 1 aliphatic heterocycles. The van der Waals surface area contributed by atoms with Crippen molar-refractivity contribution in [2.45, 2.75) is 16.7 Å². The van der Waals surface area contributed by atoms with Crippen molar-refractivity contribution in [2.75, 3.05) is 12.3 Å². The Morgan fingerprint density at radius 3 is 2.68 bits per heavy atom. The van der Waals surface area contributed by atoms with E-state index in [9.17, 15) is 15.3 Å². The fourth-order valence-electron chi connectivity index (χ4n) is 2.54. The van der Waals surface area contributed by atoms with Crippen LogP contribution in [0.2, 0.25) is 5.02 Å². The molecular formula is C17H11ClN4O2S.